The Hall–Kier alpha value is -3.60. The van der Waals surface area contributed by atoms with E-state index in [4.69, 9.17) is 10.4 Å². The van der Waals surface area contributed by atoms with Gasteiger partial charge in [-0.15, -0.1) is 10.2 Å². The van der Waals surface area contributed by atoms with E-state index in [1.807, 2.05) is 12.1 Å². The SMILES string of the molecule is N#Cc1ccc(Cn2nnc(-c3ccnc(C(=O)O)c3)n2)cc1. The van der Waals surface area contributed by atoms with Crippen molar-refractivity contribution in [2.75, 3.05) is 0 Å². The van der Waals surface area contributed by atoms with E-state index in [2.05, 4.69) is 26.5 Å². The standard InChI is InChI=1S/C15H10N6O2/c16-8-10-1-3-11(4-2-10)9-21-19-14(18-20-21)12-5-6-17-13(7-12)15(22)23/h1-7H,9H2,(H,22,23). The Morgan fingerprint density at radius 1 is 1.26 bits per heavy atom. The molecule has 1 N–H and O–H groups in total. The lowest BCUT2D eigenvalue weighted by atomic mass is 10.1. The smallest absolute Gasteiger partial charge is 0.354 e. The molecule has 3 aromatic rings. The molecule has 0 atom stereocenters. The molecule has 0 spiro atoms. The Labute approximate surface area is 130 Å². The van der Waals surface area contributed by atoms with Crippen molar-refractivity contribution in [3.05, 3.63) is 59.4 Å². The molecule has 0 aliphatic carbocycles. The second kappa shape index (κ2) is 6.03. The second-order valence-electron chi connectivity index (χ2n) is 4.69. The van der Waals surface area contributed by atoms with Gasteiger partial charge in [-0.3, -0.25) is 0 Å². The highest BCUT2D eigenvalue weighted by Crippen LogP contribution is 2.14. The average molecular weight is 306 g/mol. The number of benzene rings is 1. The second-order valence-corrected chi connectivity index (χ2v) is 4.69. The van der Waals surface area contributed by atoms with Crippen molar-refractivity contribution in [3.8, 4) is 17.5 Å². The van der Waals surface area contributed by atoms with Crippen LogP contribution in [0.4, 0.5) is 0 Å². The summed E-state index contributed by atoms with van der Waals surface area (Å²) in [6, 6.07) is 12.1. The number of aromatic carboxylic acids is 1. The van der Waals surface area contributed by atoms with E-state index in [1.165, 1.54) is 17.1 Å². The molecule has 0 fully saturated rings. The number of pyridine rings is 1. The molecule has 2 heterocycles. The highest BCUT2D eigenvalue weighted by molar-refractivity contribution is 5.86. The first-order chi connectivity index (χ1) is 11.2. The summed E-state index contributed by atoms with van der Waals surface area (Å²) < 4.78 is 0. The van der Waals surface area contributed by atoms with Gasteiger partial charge in [-0.2, -0.15) is 10.1 Å². The van der Waals surface area contributed by atoms with Crippen LogP contribution in [0.3, 0.4) is 0 Å². The summed E-state index contributed by atoms with van der Waals surface area (Å²) in [5, 5.41) is 29.8. The van der Waals surface area contributed by atoms with Gasteiger partial charge in [0.2, 0.25) is 5.82 Å². The number of hydrogen-bond acceptors (Lipinski definition) is 6. The van der Waals surface area contributed by atoms with Crippen LogP contribution >= 0.6 is 0 Å². The van der Waals surface area contributed by atoms with E-state index >= 15 is 0 Å². The topological polar surface area (TPSA) is 118 Å². The number of carboxylic acid groups (broad SMARTS) is 1. The molecule has 8 nitrogen and oxygen atoms in total. The molecule has 0 saturated carbocycles. The number of carbonyl (C=O) groups is 1. The van der Waals surface area contributed by atoms with E-state index in [9.17, 15) is 4.79 Å². The zero-order chi connectivity index (χ0) is 16.2. The van der Waals surface area contributed by atoms with Crippen LogP contribution in [0.2, 0.25) is 0 Å². The largest absolute Gasteiger partial charge is 0.477 e. The van der Waals surface area contributed by atoms with Gasteiger partial charge in [0.15, 0.2) is 0 Å². The van der Waals surface area contributed by atoms with Crippen molar-refractivity contribution < 1.29 is 9.90 Å². The third-order valence-corrected chi connectivity index (χ3v) is 3.10. The highest BCUT2D eigenvalue weighted by Gasteiger charge is 2.10. The normalized spacial score (nSPS) is 10.2. The number of rotatable bonds is 4. The fourth-order valence-electron chi connectivity index (χ4n) is 1.96. The van der Waals surface area contributed by atoms with Crippen molar-refractivity contribution in [1.82, 2.24) is 25.2 Å². The zero-order valence-electron chi connectivity index (χ0n) is 11.8. The molecule has 2 aromatic heterocycles. The molecule has 0 saturated heterocycles. The van der Waals surface area contributed by atoms with Crippen LogP contribution in [-0.4, -0.2) is 36.3 Å². The van der Waals surface area contributed by atoms with Gasteiger partial charge < -0.3 is 5.11 Å². The van der Waals surface area contributed by atoms with Crippen LogP contribution < -0.4 is 0 Å². The van der Waals surface area contributed by atoms with E-state index in [-0.39, 0.29) is 5.69 Å². The molecule has 112 valence electrons. The van der Waals surface area contributed by atoms with E-state index < -0.39 is 5.97 Å². The predicted octanol–water partition coefficient (Wildman–Crippen LogP) is 1.35. The molecule has 0 amide bonds. The number of nitriles is 1. The van der Waals surface area contributed by atoms with E-state index in [0.29, 0.717) is 23.5 Å². The molecule has 23 heavy (non-hydrogen) atoms. The minimum Gasteiger partial charge on any atom is -0.477 e. The minimum absolute atomic E-state index is 0.0778. The summed E-state index contributed by atoms with van der Waals surface area (Å²) in [4.78, 5) is 16.1. The monoisotopic (exact) mass is 306 g/mol. The summed E-state index contributed by atoms with van der Waals surface area (Å²) >= 11 is 0. The summed E-state index contributed by atoms with van der Waals surface area (Å²) in [6.45, 7) is 0.398. The van der Waals surface area contributed by atoms with E-state index in [1.54, 1.807) is 18.2 Å². The maximum atomic E-state index is 10.9. The number of tetrazole rings is 1. The Morgan fingerprint density at radius 2 is 2.04 bits per heavy atom. The molecule has 0 bridgehead atoms. The van der Waals surface area contributed by atoms with Gasteiger partial charge in [-0.25, -0.2) is 9.78 Å². The molecule has 8 heteroatoms. The number of hydrogen-bond donors (Lipinski definition) is 1. The first-order valence-electron chi connectivity index (χ1n) is 6.62. The molecule has 0 radical (unpaired) electrons. The summed E-state index contributed by atoms with van der Waals surface area (Å²) in [6.07, 6.45) is 1.39. The van der Waals surface area contributed by atoms with Gasteiger partial charge in [0.05, 0.1) is 18.2 Å². The summed E-state index contributed by atoms with van der Waals surface area (Å²) in [7, 11) is 0. The van der Waals surface area contributed by atoms with Gasteiger partial charge in [0.1, 0.15) is 5.69 Å². The Morgan fingerprint density at radius 3 is 2.74 bits per heavy atom. The van der Waals surface area contributed by atoms with Crippen molar-refractivity contribution in [1.29, 1.82) is 5.26 Å². The van der Waals surface area contributed by atoms with Crippen molar-refractivity contribution in [3.63, 3.8) is 0 Å². The van der Waals surface area contributed by atoms with Gasteiger partial charge in [-0.05, 0) is 35.0 Å². The van der Waals surface area contributed by atoms with Crippen molar-refractivity contribution in [2.24, 2.45) is 0 Å². The van der Waals surface area contributed by atoms with Crippen LogP contribution in [0.5, 0.6) is 0 Å². The first-order valence-corrected chi connectivity index (χ1v) is 6.62. The Balaban J connectivity index is 1.81. The summed E-state index contributed by atoms with van der Waals surface area (Å²) in [5.41, 5.74) is 1.96. The predicted molar refractivity (Wildman–Crippen MR) is 78.3 cm³/mol. The van der Waals surface area contributed by atoms with Crippen LogP contribution in [0, 0.1) is 11.3 Å². The molecule has 0 aliphatic rings. The van der Waals surface area contributed by atoms with Crippen LogP contribution in [0.15, 0.2) is 42.6 Å². The van der Waals surface area contributed by atoms with Gasteiger partial charge in [0, 0.05) is 11.8 Å². The molecule has 1 aromatic carbocycles. The maximum absolute atomic E-state index is 10.9. The maximum Gasteiger partial charge on any atom is 0.354 e. The van der Waals surface area contributed by atoms with Crippen molar-refractivity contribution in [2.45, 2.75) is 6.54 Å². The summed E-state index contributed by atoms with van der Waals surface area (Å²) in [5.74, 6) is -0.791. The highest BCUT2D eigenvalue weighted by atomic mass is 16.4. The number of nitrogens with zero attached hydrogens (tertiary/aromatic N) is 6. The quantitative estimate of drug-likeness (QED) is 0.773. The molecule has 0 unspecified atom stereocenters. The van der Waals surface area contributed by atoms with Gasteiger partial charge >= 0.3 is 5.97 Å². The molecular formula is C15H10N6O2. The van der Waals surface area contributed by atoms with Crippen LogP contribution in [0.25, 0.3) is 11.4 Å². The minimum atomic E-state index is -1.11. The molecular weight excluding hydrogens is 296 g/mol. The Kier molecular flexibility index (Phi) is 3.76. The fourth-order valence-corrected chi connectivity index (χ4v) is 1.96. The lowest BCUT2D eigenvalue weighted by molar-refractivity contribution is 0.0690. The van der Waals surface area contributed by atoms with Gasteiger partial charge in [0.25, 0.3) is 0 Å². The van der Waals surface area contributed by atoms with E-state index in [0.717, 1.165) is 5.56 Å². The molecule has 0 aliphatic heterocycles. The fraction of sp³-hybridized carbons (Fsp3) is 0.0667. The average Bonchev–Trinajstić information content (AvgIpc) is 3.04. The third kappa shape index (κ3) is 3.19. The Bertz CT molecular complexity index is 895. The molecule has 3 rings (SSSR count). The van der Waals surface area contributed by atoms with Crippen LogP contribution in [0.1, 0.15) is 21.6 Å². The van der Waals surface area contributed by atoms with Crippen molar-refractivity contribution >= 4 is 5.97 Å². The van der Waals surface area contributed by atoms with Gasteiger partial charge in [-0.1, -0.05) is 12.1 Å². The zero-order valence-corrected chi connectivity index (χ0v) is 11.8. The first kappa shape index (κ1) is 14.3. The third-order valence-electron chi connectivity index (χ3n) is 3.10. The lowest BCUT2D eigenvalue weighted by Crippen LogP contribution is -2.04. The number of aromatic nitrogens is 5. The van der Waals surface area contributed by atoms with Crippen LogP contribution in [-0.2, 0) is 6.54 Å². The number of carboxylic acids is 1. The lowest BCUT2D eigenvalue weighted by Gasteiger charge is -1.99.